The highest BCUT2D eigenvalue weighted by molar-refractivity contribution is 6.28. The van der Waals surface area contributed by atoms with Crippen molar-refractivity contribution in [1.82, 2.24) is 15.3 Å². The zero-order valence-electron chi connectivity index (χ0n) is 12.2. The van der Waals surface area contributed by atoms with E-state index in [0.717, 1.165) is 36.9 Å². The lowest BCUT2D eigenvalue weighted by molar-refractivity contribution is -0.120. The van der Waals surface area contributed by atoms with Crippen LogP contribution in [0.15, 0.2) is 0 Å². The molecule has 0 spiro atoms. The first kappa shape index (κ1) is 15.0. The summed E-state index contributed by atoms with van der Waals surface area (Å²) in [6.45, 7) is 6.05. The second kappa shape index (κ2) is 5.95. The van der Waals surface area contributed by atoms with E-state index in [9.17, 15) is 4.79 Å². The number of carbonyl (C=O) groups excluding carboxylic acids is 1. The topological polar surface area (TPSA) is 66.9 Å². The first-order valence-electron chi connectivity index (χ1n) is 6.95. The second-order valence-corrected chi connectivity index (χ2v) is 6.46. The molecule has 5 nitrogen and oxygen atoms in total. The predicted octanol–water partition coefficient (Wildman–Crippen LogP) is 2.34. The third kappa shape index (κ3) is 4.07. The van der Waals surface area contributed by atoms with Crippen molar-refractivity contribution in [3.05, 3.63) is 16.5 Å². The van der Waals surface area contributed by atoms with Crippen LogP contribution in [0.4, 0.5) is 5.82 Å². The Bertz CT molecular complexity index is 511. The van der Waals surface area contributed by atoms with E-state index >= 15 is 0 Å². The van der Waals surface area contributed by atoms with Crippen LogP contribution < -0.4 is 10.6 Å². The molecule has 0 fully saturated rings. The molecular formula is C14H21ClN4O. The van der Waals surface area contributed by atoms with Crippen LogP contribution in [0.3, 0.4) is 0 Å². The summed E-state index contributed by atoms with van der Waals surface area (Å²) >= 11 is 5.94. The lowest BCUT2D eigenvalue weighted by atomic mass is 9.96. The lowest BCUT2D eigenvalue weighted by Gasteiger charge is -2.22. The highest BCUT2D eigenvalue weighted by atomic mass is 35.5. The first-order chi connectivity index (χ1) is 9.35. The number of aryl methyl sites for hydroxylation is 1. The van der Waals surface area contributed by atoms with Gasteiger partial charge in [-0.15, -0.1) is 0 Å². The summed E-state index contributed by atoms with van der Waals surface area (Å²) in [6, 6.07) is 0. The largest absolute Gasteiger partial charge is 0.361 e. The fourth-order valence-corrected chi connectivity index (χ4v) is 2.52. The van der Waals surface area contributed by atoms with Gasteiger partial charge in [0.1, 0.15) is 5.82 Å². The Morgan fingerprint density at radius 2 is 1.95 bits per heavy atom. The number of carbonyl (C=O) groups is 1. The first-order valence-corrected chi connectivity index (χ1v) is 7.33. The summed E-state index contributed by atoms with van der Waals surface area (Å²) in [6.07, 6.45) is 4.13. The molecule has 0 saturated carbocycles. The van der Waals surface area contributed by atoms with Gasteiger partial charge >= 0.3 is 0 Å². The van der Waals surface area contributed by atoms with Crippen molar-refractivity contribution in [2.24, 2.45) is 0 Å². The molecule has 1 aliphatic carbocycles. The van der Waals surface area contributed by atoms with Crippen LogP contribution in [-0.2, 0) is 17.6 Å². The normalized spacial score (nSPS) is 14.6. The van der Waals surface area contributed by atoms with Gasteiger partial charge in [-0.05, 0) is 58.1 Å². The lowest BCUT2D eigenvalue weighted by Crippen LogP contribution is -2.43. The minimum absolute atomic E-state index is 0.0585. The molecule has 0 bridgehead atoms. The predicted molar refractivity (Wildman–Crippen MR) is 80.1 cm³/mol. The SMILES string of the molecule is CC(C)(C)NC(=O)CNc1nc(Cl)nc2c1CCCC2. The van der Waals surface area contributed by atoms with Gasteiger partial charge in [-0.25, -0.2) is 9.97 Å². The number of nitrogens with zero attached hydrogens (tertiary/aromatic N) is 2. The molecule has 110 valence electrons. The average Bonchev–Trinajstić information content (AvgIpc) is 2.33. The summed E-state index contributed by atoms with van der Waals surface area (Å²) in [7, 11) is 0. The van der Waals surface area contributed by atoms with E-state index in [0.29, 0.717) is 5.82 Å². The van der Waals surface area contributed by atoms with E-state index < -0.39 is 0 Å². The Balaban J connectivity index is 2.06. The van der Waals surface area contributed by atoms with Crippen LogP contribution >= 0.6 is 11.6 Å². The molecule has 0 radical (unpaired) electrons. The third-order valence-electron chi connectivity index (χ3n) is 3.09. The van der Waals surface area contributed by atoms with Crippen LogP contribution in [0.2, 0.25) is 5.28 Å². The number of rotatable bonds is 3. The number of anilines is 1. The molecular weight excluding hydrogens is 276 g/mol. The van der Waals surface area contributed by atoms with E-state index in [1.807, 2.05) is 20.8 Å². The maximum atomic E-state index is 11.8. The van der Waals surface area contributed by atoms with E-state index in [4.69, 9.17) is 11.6 Å². The second-order valence-electron chi connectivity index (χ2n) is 6.13. The van der Waals surface area contributed by atoms with Crippen LogP contribution in [0.5, 0.6) is 0 Å². The zero-order chi connectivity index (χ0) is 14.8. The highest BCUT2D eigenvalue weighted by Gasteiger charge is 2.18. The van der Waals surface area contributed by atoms with Gasteiger partial charge in [0.05, 0.1) is 12.2 Å². The molecule has 1 amide bonds. The molecule has 0 aromatic carbocycles. The zero-order valence-corrected chi connectivity index (χ0v) is 13.0. The summed E-state index contributed by atoms with van der Waals surface area (Å²) in [5.74, 6) is 0.639. The van der Waals surface area contributed by atoms with Crippen LogP contribution in [-0.4, -0.2) is 28.0 Å². The van der Waals surface area contributed by atoms with Crippen molar-refractivity contribution in [3.63, 3.8) is 0 Å². The van der Waals surface area contributed by atoms with Gasteiger partial charge in [0.15, 0.2) is 0 Å². The molecule has 1 aromatic heterocycles. The Hall–Kier alpha value is -1.36. The highest BCUT2D eigenvalue weighted by Crippen LogP contribution is 2.26. The van der Waals surface area contributed by atoms with Crippen LogP contribution in [0.1, 0.15) is 44.9 Å². The molecule has 0 saturated heterocycles. The monoisotopic (exact) mass is 296 g/mol. The number of hydrogen-bond acceptors (Lipinski definition) is 4. The van der Waals surface area contributed by atoms with Crippen molar-refractivity contribution in [2.75, 3.05) is 11.9 Å². The quantitative estimate of drug-likeness (QED) is 0.840. The maximum Gasteiger partial charge on any atom is 0.239 e. The molecule has 6 heteroatoms. The van der Waals surface area contributed by atoms with E-state index in [1.165, 1.54) is 0 Å². The molecule has 1 aromatic rings. The van der Waals surface area contributed by atoms with Crippen LogP contribution in [0.25, 0.3) is 0 Å². The fourth-order valence-electron chi connectivity index (χ4n) is 2.34. The van der Waals surface area contributed by atoms with Gasteiger partial charge in [0, 0.05) is 11.1 Å². The van der Waals surface area contributed by atoms with Gasteiger partial charge in [-0.3, -0.25) is 4.79 Å². The molecule has 0 unspecified atom stereocenters. The van der Waals surface area contributed by atoms with Crippen molar-refractivity contribution < 1.29 is 4.79 Å². The van der Waals surface area contributed by atoms with Gasteiger partial charge < -0.3 is 10.6 Å². The number of hydrogen-bond donors (Lipinski definition) is 2. The van der Waals surface area contributed by atoms with Gasteiger partial charge in [0.25, 0.3) is 0 Å². The Morgan fingerprint density at radius 3 is 2.65 bits per heavy atom. The number of halogens is 1. The fraction of sp³-hybridized carbons (Fsp3) is 0.643. The smallest absolute Gasteiger partial charge is 0.239 e. The van der Waals surface area contributed by atoms with Gasteiger partial charge in [0.2, 0.25) is 11.2 Å². The standard InChI is InChI=1S/C14H21ClN4O/c1-14(2,3)19-11(20)8-16-12-9-6-4-5-7-10(9)17-13(15)18-12/h4-8H2,1-3H3,(H,19,20)(H,16,17,18). The summed E-state index contributed by atoms with van der Waals surface area (Å²) in [5.41, 5.74) is 1.88. The molecule has 20 heavy (non-hydrogen) atoms. The molecule has 1 aliphatic rings. The summed E-state index contributed by atoms with van der Waals surface area (Å²) in [5, 5.41) is 6.23. The number of fused-ring (bicyclic) bond motifs is 1. The molecule has 2 rings (SSSR count). The van der Waals surface area contributed by atoms with E-state index in [-0.39, 0.29) is 23.3 Å². The van der Waals surface area contributed by atoms with Crippen molar-refractivity contribution in [2.45, 2.75) is 52.0 Å². The minimum atomic E-state index is -0.235. The minimum Gasteiger partial charge on any atom is -0.361 e. The van der Waals surface area contributed by atoms with Gasteiger partial charge in [-0.1, -0.05) is 0 Å². The molecule has 0 aliphatic heterocycles. The Morgan fingerprint density at radius 1 is 1.25 bits per heavy atom. The molecule has 0 atom stereocenters. The summed E-state index contributed by atoms with van der Waals surface area (Å²) < 4.78 is 0. The van der Waals surface area contributed by atoms with E-state index in [2.05, 4.69) is 20.6 Å². The average molecular weight is 297 g/mol. The van der Waals surface area contributed by atoms with E-state index in [1.54, 1.807) is 0 Å². The van der Waals surface area contributed by atoms with Crippen LogP contribution in [0, 0.1) is 0 Å². The summed E-state index contributed by atoms with van der Waals surface area (Å²) in [4.78, 5) is 20.3. The number of amides is 1. The molecule has 1 heterocycles. The van der Waals surface area contributed by atoms with Crippen molar-refractivity contribution in [1.29, 1.82) is 0 Å². The van der Waals surface area contributed by atoms with Crippen molar-refractivity contribution >= 4 is 23.3 Å². The number of nitrogens with one attached hydrogen (secondary N) is 2. The van der Waals surface area contributed by atoms with Gasteiger partial charge in [-0.2, -0.15) is 0 Å². The Kier molecular flexibility index (Phi) is 4.48. The maximum absolute atomic E-state index is 11.8. The molecule has 2 N–H and O–H groups in total. The number of aromatic nitrogens is 2. The van der Waals surface area contributed by atoms with Crippen molar-refractivity contribution in [3.8, 4) is 0 Å². The third-order valence-corrected chi connectivity index (χ3v) is 3.26. The Labute approximate surface area is 124 Å².